The largest absolute Gasteiger partial charge is 0.433 e. The van der Waals surface area contributed by atoms with Crippen molar-refractivity contribution in [1.29, 1.82) is 0 Å². The summed E-state index contributed by atoms with van der Waals surface area (Å²) in [5, 5.41) is 6.16. The third-order valence-electron chi connectivity index (χ3n) is 3.27. The zero-order chi connectivity index (χ0) is 18.4. The monoisotopic (exact) mass is 373 g/mol. The van der Waals surface area contributed by atoms with Crippen molar-refractivity contribution in [3.8, 4) is 0 Å². The minimum absolute atomic E-state index is 0.00269. The molecule has 0 aliphatic carbocycles. The molecule has 0 bridgehead atoms. The number of benzene rings is 1. The fourth-order valence-corrected chi connectivity index (χ4v) is 2.25. The van der Waals surface area contributed by atoms with Crippen LogP contribution in [0.5, 0.6) is 0 Å². The molecular weight excluding hydrogens is 355 g/mol. The van der Waals surface area contributed by atoms with Gasteiger partial charge in [0.15, 0.2) is 5.69 Å². The summed E-state index contributed by atoms with van der Waals surface area (Å²) in [5.74, 6) is -0.133. The van der Waals surface area contributed by atoms with Gasteiger partial charge >= 0.3 is 6.18 Å². The maximum Gasteiger partial charge on any atom is 0.433 e. The Morgan fingerprint density at radius 2 is 2.00 bits per heavy atom. The Kier molecular flexibility index (Phi) is 6.57. The van der Waals surface area contributed by atoms with Gasteiger partial charge in [0, 0.05) is 42.1 Å². The average Bonchev–Trinajstić information content (AvgIpc) is 2.51. The van der Waals surface area contributed by atoms with E-state index in [-0.39, 0.29) is 18.1 Å². The molecule has 0 unspecified atom stereocenters. The molecule has 0 saturated carbocycles. The molecule has 0 fully saturated rings. The number of alkyl halides is 3. The van der Waals surface area contributed by atoms with Crippen molar-refractivity contribution in [2.75, 3.05) is 32.5 Å². The molecule has 5 nitrogen and oxygen atoms in total. The van der Waals surface area contributed by atoms with Crippen LogP contribution in [0.3, 0.4) is 0 Å². The first-order valence-corrected chi connectivity index (χ1v) is 7.94. The van der Waals surface area contributed by atoms with Crippen LogP contribution in [-0.2, 0) is 12.7 Å². The quantitative estimate of drug-likeness (QED) is 0.727. The van der Waals surface area contributed by atoms with Crippen molar-refractivity contribution >= 4 is 23.2 Å². The molecule has 136 valence electrons. The van der Waals surface area contributed by atoms with Gasteiger partial charge < -0.3 is 15.5 Å². The lowest BCUT2D eigenvalue weighted by molar-refractivity contribution is -0.141. The van der Waals surface area contributed by atoms with Gasteiger partial charge in [0.05, 0.1) is 0 Å². The summed E-state index contributed by atoms with van der Waals surface area (Å²) in [5.41, 5.74) is -0.440. The molecular formula is C16H19ClF3N5. The lowest BCUT2D eigenvalue weighted by atomic mass is 10.2. The first-order valence-electron chi connectivity index (χ1n) is 7.57. The second-order valence-corrected chi connectivity index (χ2v) is 6.12. The number of likely N-dealkylation sites (N-methyl/N-ethyl adjacent to an activating group) is 1. The molecule has 1 heterocycles. The SMILES string of the molecule is CN(C)CCNCc1cnc(Nc2cccc(Cl)c2)nc1C(F)(F)F. The van der Waals surface area contributed by atoms with E-state index in [1.54, 1.807) is 24.3 Å². The van der Waals surface area contributed by atoms with Crippen LogP contribution in [0.1, 0.15) is 11.3 Å². The molecule has 2 rings (SSSR count). The highest BCUT2D eigenvalue weighted by molar-refractivity contribution is 6.30. The van der Waals surface area contributed by atoms with Crippen molar-refractivity contribution in [3.05, 3.63) is 46.7 Å². The Hall–Kier alpha value is -1.90. The van der Waals surface area contributed by atoms with Gasteiger partial charge in [-0.3, -0.25) is 0 Å². The van der Waals surface area contributed by atoms with Crippen LogP contribution >= 0.6 is 11.6 Å². The Morgan fingerprint density at radius 3 is 2.64 bits per heavy atom. The number of aromatic nitrogens is 2. The second kappa shape index (κ2) is 8.46. The number of anilines is 2. The van der Waals surface area contributed by atoms with Crippen LogP contribution in [0.15, 0.2) is 30.5 Å². The minimum Gasteiger partial charge on any atom is -0.324 e. The number of rotatable bonds is 7. The molecule has 2 aromatic rings. The zero-order valence-electron chi connectivity index (χ0n) is 13.9. The smallest absolute Gasteiger partial charge is 0.324 e. The Bertz CT molecular complexity index is 706. The van der Waals surface area contributed by atoms with Crippen LogP contribution in [0.2, 0.25) is 5.02 Å². The molecule has 2 N–H and O–H groups in total. The molecule has 0 aliphatic rings. The lowest BCUT2D eigenvalue weighted by Crippen LogP contribution is -2.27. The maximum atomic E-state index is 13.3. The molecule has 9 heteroatoms. The van der Waals surface area contributed by atoms with Crippen LogP contribution in [0.25, 0.3) is 0 Å². The first-order chi connectivity index (χ1) is 11.8. The third-order valence-corrected chi connectivity index (χ3v) is 3.50. The molecule has 0 amide bonds. The molecule has 25 heavy (non-hydrogen) atoms. The fourth-order valence-electron chi connectivity index (χ4n) is 2.06. The predicted molar refractivity (Wildman–Crippen MR) is 92.0 cm³/mol. The number of halogens is 4. The molecule has 0 aliphatic heterocycles. The standard InChI is InChI=1S/C16H19ClF3N5/c1-25(2)7-6-21-9-11-10-22-15(24-14(11)16(18,19)20)23-13-5-3-4-12(17)8-13/h3-5,8,10,21H,6-7,9H2,1-2H3,(H,22,23,24). The molecule has 0 spiro atoms. The van der Waals surface area contributed by atoms with Crippen LogP contribution in [-0.4, -0.2) is 42.1 Å². The summed E-state index contributed by atoms with van der Waals surface area (Å²) in [7, 11) is 3.78. The lowest BCUT2D eigenvalue weighted by Gasteiger charge is -2.15. The Morgan fingerprint density at radius 1 is 1.24 bits per heavy atom. The third kappa shape index (κ3) is 6.15. The predicted octanol–water partition coefficient (Wildman–Crippen LogP) is 3.54. The normalized spacial score (nSPS) is 11.8. The number of nitrogens with one attached hydrogen (secondary N) is 2. The highest BCUT2D eigenvalue weighted by Crippen LogP contribution is 2.31. The summed E-state index contributed by atoms with van der Waals surface area (Å²) in [4.78, 5) is 9.55. The van der Waals surface area contributed by atoms with Gasteiger partial charge in [-0.05, 0) is 32.3 Å². The molecule has 0 atom stereocenters. The highest BCUT2D eigenvalue weighted by Gasteiger charge is 2.36. The van der Waals surface area contributed by atoms with Gasteiger partial charge in [-0.25, -0.2) is 9.97 Å². The van der Waals surface area contributed by atoms with Crippen molar-refractivity contribution in [3.63, 3.8) is 0 Å². The fraction of sp³-hybridized carbons (Fsp3) is 0.375. The van der Waals surface area contributed by atoms with E-state index in [9.17, 15) is 13.2 Å². The van der Waals surface area contributed by atoms with E-state index in [1.807, 2.05) is 19.0 Å². The van der Waals surface area contributed by atoms with Gasteiger partial charge in [-0.2, -0.15) is 13.2 Å². The summed E-state index contributed by atoms with van der Waals surface area (Å²) < 4.78 is 39.9. The van der Waals surface area contributed by atoms with Crippen molar-refractivity contribution < 1.29 is 13.2 Å². The van der Waals surface area contributed by atoms with E-state index in [1.165, 1.54) is 6.20 Å². The van der Waals surface area contributed by atoms with Crippen molar-refractivity contribution in [2.24, 2.45) is 0 Å². The second-order valence-electron chi connectivity index (χ2n) is 5.68. The number of nitrogens with zero attached hydrogens (tertiary/aromatic N) is 3. The zero-order valence-corrected chi connectivity index (χ0v) is 14.6. The van der Waals surface area contributed by atoms with E-state index in [0.717, 1.165) is 6.54 Å². The van der Waals surface area contributed by atoms with Crippen LogP contribution < -0.4 is 10.6 Å². The molecule has 0 saturated heterocycles. The van der Waals surface area contributed by atoms with Crippen LogP contribution in [0, 0.1) is 0 Å². The number of hydrogen-bond donors (Lipinski definition) is 2. The van der Waals surface area contributed by atoms with Crippen molar-refractivity contribution in [1.82, 2.24) is 20.2 Å². The van der Waals surface area contributed by atoms with Crippen molar-refractivity contribution in [2.45, 2.75) is 12.7 Å². The van der Waals surface area contributed by atoms with E-state index >= 15 is 0 Å². The van der Waals surface area contributed by atoms with Gasteiger partial charge in [0.2, 0.25) is 5.95 Å². The summed E-state index contributed by atoms with van der Waals surface area (Å²) in [6, 6.07) is 6.59. The van der Waals surface area contributed by atoms with E-state index < -0.39 is 11.9 Å². The van der Waals surface area contributed by atoms with Gasteiger partial charge in [-0.1, -0.05) is 17.7 Å². The van der Waals surface area contributed by atoms with Gasteiger partial charge in [0.25, 0.3) is 0 Å². The molecule has 1 aromatic heterocycles. The van der Waals surface area contributed by atoms with E-state index in [0.29, 0.717) is 17.3 Å². The Labute approximate surface area is 149 Å². The molecule has 0 radical (unpaired) electrons. The Balaban J connectivity index is 2.16. The summed E-state index contributed by atoms with van der Waals surface area (Å²) in [6.07, 6.45) is -3.38. The first kappa shape index (κ1) is 19.4. The summed E-state index contributed by atoms with van der Waals surface area (Å²) >= 11 is 5.86. The number of hydrogen-bond acceptors (Lipinski definition) is 5. The van der Waals surface area contributed by atoms with Gasteiger partial charge in [0.1, 0.15) is 0 Å². The molecule has 1 aromatic carbocycles. The summed E-state index contributed by atoms with van der Waals surface area (Å²) in [6.45, 7) is 1.32. The van der Waals surface area contributed by atoms with E-state index in [2.05, 4.69) is 20.6 Å². The van der Waals surface area contributed by atoms with Gasteiger partial charge in [-0.15, -0.1) is 0 Å². The maximum absolute atomic E-state index is 13.3. The van der Waals surface area contributed by atoms with E-state index in [4.69, 9.17) is 11.6 Å². The average molecular weight is 374 g/mol. The highest BCUT2D eigenvalue weighted by atomic mass is 35.5. The topological polar surface area (TPSA) is 53.1 Å². The minimum atomic E-state index is -4.56. The van der Waals surface area contributed by atoms with Crippen LogP contribution in [0.4, 0.5) is 24.8 Å².